The van der Waals surface area contributed by atoms with Crippen molar-refractivity contribution in [2.75, 3.05) is 24.6 Å². The molecule has 5 N–H and O–H groups in total. The molecule has 2 aromatic heterocycles. The van der Waals surface area contributed by atoms with Crippen LogP contribution >= 0.6 is 0 Å². The van der Waals surface area contributed by atoms with Gasteiger partial charge in [-0.15, -0.1) is 0 Å². The Kier molecular flexibility index (Phi) is 6.83. The van der Waals surface area contributed by atoms with Crippen LogP contribution in [0.2, 0.25) is 0 Å². The molecule has 0 bridgehead atoms. The van der Waals surface area contributed by atoms with Gasteiger partial charge >= 0.3 is 0 Å². The molecular formula is C26H29N9O2. The fraction of sp³-hybridized carbons (Fsp3) is 0.385. The van der Waals surface area contributed by atoms with Gasteiger partial charge in [0, 0.05) is 25.2 Å². The molecule has 2 aliphatic rings. The third-order valence-corrected chi connectivity index (χ3v) is 6.99. The third kappa shape index (κ3) is 5.29. The summed E-state index contributed by atoms with van der Waals surface area (Å²) in [5, 5.41) is 22.0. The SMILES string of the molecule is N#CC1CCN(C(=O)C(NC(=O)c2c[nH]c3ncc(C(=N)CN(N)c4ccccc4)nc23)C2CC2)CC1. The summed E-state index contributed by atoms with van der Waals surface area (Å²) >= 11 is 0. The Morgan fingerprint density at radius 1 is 1.24 bits per heavy atom. The van der Waals surface area contributed by atoms with Crippen LogP contribution in [0.1, 0.15) is 41.7 Å². The van der Waals surface area contributed by atoms with Gasteiger partial charge in [-0.1, -0.05) is 18.2 Å². The van der Waals surface area contributed by atoms with E-state index in [2.05, 4.69) is 26.3 Å². The first kappa shape index (κ1) is 24.4. The monoisotopic (exact) mass is 499 g/mol. The molecule has 1 aliphatic carbocycles. The van der Waals surface area contributed by atoms with Gasteiger partial charge in [0.2, 0.25) is 5.91 Å². The van der Waals surface area contributed by atoms with Crippen molar-refractivity contribution in [2.24, 2.45) is 17.7 Å². The standard InChI is InChI=1S/C26H29N9O2/c27-12-16-8-10-34(11-9-16)26(37)22(17-6-7-17)33-25(36)19-13-30-24-23(19)32-21(14-31-24)20(28)15-35(29)18-4-2-1-3-5-18/h1-5,13-14,16-17,22,28H,6-11,15,29H2,(H,30,31)(H,33,36). The number of nitrogens with one attached hydrogen (secondary N) is 3. The van der Waals surface area contributed by atoms with Crippen LogP contribution in [0.3, 0.4) is 0 Å². The van der Waals surface area contributed by atoms with Crippen molar-refractivity contribution >= 4 is 34.4 Å². The normalized spacial score (nSPS) is 16.7. The molecule has 0 radical (unpaired) electrons. The molecule has 0 spiro atoms. The molecule has 1 saturated heterocycles. The van der Waals surface area contributed by atoms with E-state index in [9.17, 15) is 9.59 Å². The number of benzene rings is 1. The molecule has 1 unspecified atom stereocenters. The summed E-state index contributed by atoms with van der Waals surface area (Å²) in [6.45, 7) is 1.17. The molecule has 11 nitrogen and oxygen atoms in total. The fourth-order valence-corrected chi connectivity index (χ4v) is 4.63. The van der Waals surface area contributed by atoms with Gasteiger partial charge in [0.15, 0.2) is 5.65 Å². The molecule has 37 heavy (non-hydrogen) atoms. The molecular weight excluding hydrogens is 470 g/mol. The van der Waals surface area contributed by atoms with Gasteiger partial charge in [0.25, 0.3) is 5.91 Å². The molecule has 1 atom stereocenters. The first-order chi connectivity index (χ1) is 17.9. The van der Waals surface area contributed by atoms with Crippen LogP contribution in [0.4, 0.5) is 5.69 Å². The van der Waals surface area contributed by atoms with Crippen molar-refractivity contribution in [3.05, 3.63) is 54.0 Å². The molecule has 2 fully saturated rings. The van der Waals surface area contributed by atoms with E-state index >= 15 is 0 Å². The highest BCUT2D eigenvalue weighted by Crippen LogP contribution is 2.34. The number of likely N-dealkylation sites (tertiary alicyclic amines) is 1. The Morgan fingerprint density at radius 2 is 1.97 bits per heavy atom. The quantitative estimate of drug-likeness (QED) is 0.209. The summed E-state index contributed by atoms with van der Waals surface area (Å²) in [5.74, 6) is 5.71. The number of carbonyl (C=O) groups excluding carboxylic acids is 2. The molecule has 5 rings (SSSR count). The summed E-state index contributed by atoms with van der Waals surface area (Å²) in [4.78, 5) is 40.1. The third-order valence-electron chi connectivity index (χ3n) is 6.99. The van der Waals surface area contributed by atoms with Gasteiger partial charge in [0.1, 0.15) is 17.3 Å². The van der Waals surface area contributed by atoms with Crippen LogP contribution < -0.4 is 16.2 Å². The zero-order valence-electron chi connectivity index (χ0n) is 20.4. The predicted octanol–water partition coefficient (Wildman–Crippen LogP) is 1.98. The molecule has 3 aromatic rings. The average molecular weight is 500 g/mol. The maximum Gasteiger partial charge on any atom is 0.255 e. The zero-order chi connectivity index (χ0) is 25.9. The second kappa shape index (κ2) is 10.4. The Bertz CT molecular complexity index is 1350. The summed E-state index contributed by atoms with van der Waals surface area (Å²) < 4.78 is 0. The maximum atomic E-state index is 13.3. The lowest BCUT2D eigenvalue weighted by molar-refractivity contribution is -0.135. The average Bonchev–Trinajstić information content (AvgIpc) is 3.69. The second-order valence-electron chi connectivity index (χ2n) is 9.61. The van der Waals surface area contributed by atoms with Crippen LogP contribution in [-0.2, 0) is 4.79 Å². The Labute approximate surface area is 214 Å². The van der Waals surface area contributed by atoms with E-state index in [1.54, 1.807) is 4.90 Å². The number of nitriles is 1. The van der Waals surface area contributed by atoms with Crippen LogP contribution in [0.25, 0.3) is 11.2 Å². The summed E-state index contributed by atoms with van der Waals surface area (Å²) in [6.07, 6.45) is 6.09. The Hall–Kier alpha value is -4.30. The zero-order valence-corrected chi connectivity index (χ0v) is 20.4. The Morgan fingerprint density at radius 3 is 2.65 bits per heavy atom. The number of H-pyrrole nitrogens is 1. The highest BCUT2D eigenvalue weighted by Gasteiger charge is 2.40. The number of hydrogen-bond acceptors (Lipinski definition) is 8. The predicted molar refractivity (Wildman–Crippen MR) is 138 cm³/mol. The molecule has 1 aromatic carbocycles. The van der Waals surface area contributed by atoms with Gasteiger partial charge < -0.3 is 25.6 Å². The number of hydrazine groups is 1. The van der Waals surface area contributed by atoms with Gasteiger partial charge in [-0.2, -0.15) is 5.26 Å². The number of piperidine rings is 1. The number of rotatable bonds is 8. The van der Waals surface area contributed by atoms with Crippen molar-refractivity contribution in [2.45, 2.75) is 31.7 Å². The van der Waals surface area contributed by atoms with E-state index in [-0.39, 0.29) is 35.6 Å². The number of amides is 2. The van der Waals surface area contributed by atoms with Crippen LogP contribution in [-0.4, -0.2) is 63.1 Å². The van der Waals surface area contributed by atoms with Gasteiger partial charge in [-0.05, 0) is 43.7 Å². The maximum absolute atomic E-state index is 13.3. The van der Waals surface area contributed by atoms with E-state index in [1.165, 1.54) is 17.4 Å². The van der Waals surface area contributed by atoms with Crippen molar-refractivity contribution in [1.29, 1.82) is 10.7 Å². The topological polar surface area (TPSA) is 168 Å². The van der Waals surface area contributed by atoms with Gasteiger partial charge in [-0.3, -0.25) is 9.59 Å². The highest BCUT2D eigenvalue weighted by molar-refractivity contribution is 6.07. The number of para-hydroxylation sites is 1. The molecule has 3 heterocycles. The number of aromatic nitrogens is 3. The summed E-state index contributed by atoms with van der Waals surface area (Å²) in [7, 11) is 0. The smallest absolute Gasteiger partial charge is 0.255 e. The molecule has 1 saturated carbocycles. The highest BCUT2D eigenvalue weighted by atomic mass is 16.2. The first-order valence-electron chi connectivity index (χ1n) is 12.4. The van der Waals surface area contributed by atoms with Crippen molar-refractivity contribution in [3.63, 3.8) is 0 Å². The lowest BCUT2D eigenvalue weighted by atomic mass is 9.97. The largest absolute Gasteiger partial charge is 0.344 e. The second-order valence-corrected chi connectivity index (χ2v) is 9.61. The number of nitrogens with zero attached hydrogens (tertiary/aromatic N) is 5. The molecule has 1 aliphatic heterocycles. The summed E-state index contributed by atoms with van der Waals surface area (Å²) in [6, 6.07) is 11.0. The molecule has 190 valence electrons. The Balaban J connectivity index is 1.30. The van der Waals surface area contributed by atoms with Crippen molar-refractivity contribution < 1.29 is 9.59 Å². The summed E-state index contributed by atoms with van der Waals surface area (Å²) in [5.41, 5.74) is 2.24. The van der Waals surface area contributed by atoms with Crippen molar-refractivity contribution in [1.82, 2.24) is 25.2 Å². The first-order valence-corrected chi connectivity index (χ1v) is 12.4. The molecule has 2 amide bonds. The van der Waals surface area contributed by atoms with E-state index in [0.717, 1.165) is 18.5 Å². The number of anilines is 1. The van der Waals surface area contributed by atoms with E-state index in [4.69, 9.17) is 16.5 Å². The van der Waals surface area contributed by atoms with Crippen molar-refractivity contribution in [3.8, 4) is 6.07 Å². The number of hydrogen-bond donors (Lipinski definition) is 4. The number of fused-ring (bicyclic) bond motifs is 1. The van der Waals surface area contributed by atoms with E-state index in [1.807, 2.05) is 30.3 Å². The fourth-order valence-electron chi connectivity index (χ4n) is 4.63. The van der Waals surface area contributed by atoms with Crippen LogP contribution in [0.15, 0.2) is 42.7 Å². The minimum absolute atomic E-state index is 0.0187. The molecule has 11 heteroatoms. The van der Waals surface area contributed by atoms with E-state index in [0.29, 0.717) is 42.8 Å². The minimum Gasteiger partial charge on any atom is -0.344 e. The van der Waals surface area contributed by atoms with Gasteiger partial charge in [-0.25, -0.2) is 15.8 Å². The number of nitrogens with two attached hydrogens (primary N) is 1. The van der Waals surface area contributed by atoms with Crippen LogP contribution in [0.5, 0.6) is 0 Å². The van der Waals surface area contributed by atoms with Gasteiger partial charge in [0.05, 0.1) is 35.8 Å². The number of carbonyl (C=O) groups is 2. The van der Waals surface area contributed by atoms with E-state index < -0.39 is 11.9 Å². The lowest BCUT2D eigenvalue weighted by Gasteiger charge is -2.32. The number of aromatic amines is 1. The minimum atomic E-state index is -0.609. The lowest BCUT2D eigenvalue weighted by Crippen LogP contribution is -2.51. The van der Waals surface area contributed by atoms with Crippen LogP contribution in [0, 0.1) is 28.6 Å².